The number of benzene rings is 1. The molecule has 0 aliphatic rings. The summed E-state index contributed by atoms with van der Waals surface area (Å²) in [6.45, 7) is 2.65. The first kappa shape index (κ1) is 14.1. The zero-order valence-corrected chi connectivity index (χ0v) is 10.6. The molecule has 17 heavy (non-hydrogen) atoms. The molecule has 3 nitrogen and oxygen atoms in total. The third-order valence-corrected chi connectivity index (χ3v) is 2.87. The van der Waals surface area contributed by atoms with E-state index in [-0.39, 0.29) is 18.5 Å². The highest BCUT2D eigenvalue weighted by atomic mass is 19.1. The minimum absolute atomic E-state index is 0.0808. The van der Waals surface area contributed by atoms with Crippen LogP contribution in [-0.2, 0) is 4.74 Å². The van der Waals surface area contributed by atoms with E-state index >= 15 is 0 Å². The summed E-state index contributed by atoms with van der Waals surface area (Å²) in [4.78, 5) is 1.90. The number of aliphatic hydroxyl groups is 1. The van der Waals surface area contributed by atoms with Gasteiger partial charge in [0.05, 0.1) is 12.7 Å². The highest BCUT2D eigenvalue weighted by Gasteiger charge is 2.17. The van der Waals surface area contributed by atoms with Crippen molar-refractivity contribution in [3.8, 4) is 0 Å². The van der Waals surface area contributed by atoms with Crippen LogP contribution in [0.2, 0.25) is 0 Å². The fraction of sp³-hybridized carbons (Fsp3) is 0.538. The molecule has 0 saturated carbocycles. The highest BCUT2D eigenvalue weighted by Crippen LogP contribution is 2.21. The van der Waals surface area contributed by atoms with Crippen LogP contribution < -0.4 is 0 Å². The average molecular weight is 241 g/mol. The maximum absolute atomic E-state index is 13.6. The van der Waals surface area contributed by atoms with Crippen LogP contribution in [0.4, 0.5) is 4.39 Å². The molecule has 1 aromatic rings. The van der Waals surface area contributed by atoms with E-state index in [1.165, 1.54) is 6.07 Å². The van der Waals surface area contributed by atoms with Gasteiger partial charge in [-0.25, -0.2) is 4.39 Å². The summed E-state index contributed by atoms with van der Waals surface area (Å²) in [5.74, 6) is -0.215. The Bertz CT molecular complexity index is 346. The minimum Gasteiger partial charge on any atom is -0.389 e. The number of methoxy groups -OCH3 is 1. The largest absolute Gasteiger partial charge is 0.389 e. The van der Waals surface area contributed by atoms with Crippen LogP contribution in [0, 0.1) is 5.82 Å². The van der Waals surface area contributed by atoms with Crippen molar-refractivity contribution in [3.63, 3.8) is 0 Å². The molecule has 0 radical (unpaired) electrons. The number of hydrogen-bond donors (Lipinski definition) is 1. The van der Waals surface area contributed by atoms with Crippen LogP contribution in [0.5, 0.6) is 0 Å². The maximum Gasteiger partial charge on any atom is 0.127 e. The summed E-state index contributed by atoms with van der Waals surface area (Å²) < 4.78 is 18.4. The fourth-order valence-electron chi connectivity index (χ4n) is 1.79. The van der Waals surface area contributed by atoms with Crippen molar-refractivity contribution in [1.82, 2.24) is 4.90 Å². The first-order valence-corrected chi connectivity index (χ1v) is 5.68. The average Bonchev–Trinajstić information content (AvgIpc) is 2.29. The van der Waals surface area contributed by atoms with Crippen LogP contribution in [0.1, 0.15) is 18.5 Å². The molecule has 0 aromatic heterocycles. The number of likely N-dealkylation sites (N-methyl/N-ethyl adjacent to an activating group) is 1. The zero-order valence-electron chi connectivity index (χ0n) is 10.6. The molecule has 0 saturated heterocycles. The van der Waals surface area contributed by atoms with E-state index in [1.807, 2.05) is 24.9 Å². The Hall–Kier alpha value is -0.970. The van der Waals surface area contributed by atoms with Crippen LogP contribution >= 0.6 is 0 Å². The maximum atomic E-state index is 13.6. The third-order valence-electron chi connectivity index (χ3n) is 2.87. The minimum atomic E-state index is -0.556. The standard InChI is InChI=1S/C13H20FNO2/c1-10(12-6-4-5-7-13(12)14)15(2)8-11(16)9-17-3/h4-7,10-11,16H,8-9H2,1-3H3/t10-,11-/m0/s1. The molecular formula is C13H20FNO2. The Morgan fingerprint density at radius 2 is 2.06 bits per heavy atom. The van der Waals surface area contributed by atoms with Crippen molar-refractivity contribution in [2.24, 2.45) is 0 Å². The van der Waals surface area contributed by atoms with Crippen molar-refractivity contribution in [2.75, 3.05) is 27.3 Å². The van der Waals surface area contributed by atoms with Crippen LogP contribution in [0.15, 0.2) is 24.3 Å². The van der Waals surface area contributed by atoms with E-state index in [9.17, 15) is 9.50 Å². The quantitative estimate of drug-likeness (QED) is 0.824. The van der Waals surface area contributed by atoms with E-state index in [1.54, 1.807) is 19.2 Å². The molecule has 0 unspecified atom stereocenters. The number of nitrogens with zero attached hydrogens (tertiary/aromatic N) is 1. The number of ether oxygens (including phenoxy) is 1. The van der Waals surface area contributed by atoms with Gasteiger partial charge in [-0.15, -0.1) is 0 Å². The highest BCUT2D eigenvalue weighted by molar-refractivity contribution is 5.20. The third kappa shape index (κ3) is 4.07. The molecule has 0 aliphatic heterocycles. The Labute approximate surface area is 102 Å². The second-order valence-corrected chi connectivity index (χ2v) is 4.25. The molecule has 0 amide bonds. The molecule has 1 N–H and O–H groups in total. The van der Waals surface area contributed by atoms with Crippen molar-refractivity contribution in [3.05, 3.63) is 35.6 Å². The lowest BCUT2D eigenvalue weighted by Gasteiger charge is -2.27. The normalized spacial score (nSPS) is 14.9. The molecule has 0 fully saturated rings. The van der Waals surface area contributed by atoms with Gasteiger partial charge in [0.2, 0.25) is 0 Å². The number of rotatable bonds is 6. The van der Waals surface area contributed by atoms with Crippen molar-refractivity contribution < 1.29 is 14.2 Å². The van der Waals surface area contributed by atoms with Gasteiger partial charge in [0.15, 0.2) is 0 Å². The lowest BCUT2D eigenvalue weighted by atomic mass is 10.1. The molecule has 4 heteroatoms. The van der Waals surface area contributed by atoms with Crippen LogP contribution in [0.3, 0.4) is 0 Å². The molecule has 2 atom stereocenters. The van der Waals surface area contributed by atoms with Crippen LogP contribution in [0.25, 0.3) is 0 Å². The predicted molar refractivity (Wildman–Crippen MR) is 65.3 cm³/mol. The monoisotopic (exact) mass is 241 g/mol. The first-order valence-electron chi connectivity index (χ1n) is 5.68. The van der Waals surface area contributed by atoms with E-state index in [2.05, 4.69) is 0 Å². The summed E-state index contributed by atoms with van der Waals surface area (Å²) in [6.07, 6.45) is -0.556. The molecule has 0 bridgehead atoms. The second-order valence-electron chi connectivity index (χ2n) is 4.25. The van der Waals surface area contributed by atoms with Crippen molar-refractivity contribution >= 4 is 0 Å². The molecule has 0 heterocycles. The summed E-state index contributed by atoms with van der Waals surface area (Å²) in [5.41, 5.74) is 0.639. The van der Waals surface area contributed by atoms with Gasteiger partial charge in [0, 0.05) is 25.3 Å². The Kier molecular flexibility index (Phi) is 5.55. The van der Waals surface area contributed by atoms with Gasteiger partial charge in [0.1, 0.15) is 5.82 Å². The Balaban J connectivity index is 2.63. The van der Waals surface area contributed by atoms with Gasteiger partial charge in [-0.05, 0) is 20.0 Å². The number of halogens is 1. The van der Waals surface area contributed by atoms with Gasteiger partial charge in [-0.2, -0.15) is 0 Å². The summed E-state index contributed by atoms with van der Waals surface area (Å²) in [5, 5.41) is 9.62. The topological polar surface area (TPSA) is 32.7 Å². The van der Waals surface area contributed by atoms with E-state index < -0.39 is 6.10 Å². The zero-order chi connectivity index (χ0) is 12.8. The smallest absolute Gasteiger partial charge is 0.127 e. The molecule has 0 spiro atoms. The second kappa shape index (κ2) is 6.69. The lowest BCUT2D eigenvalue weighted by Crippen LogP contribution is -2.34. The summed E-state index contributed by atoms with van der Waals surface area (Å²) in [6, 6.07) is 6.62. The first-order chi connectivity index (χ1) is 8.06. The number of aliphatic hydroxyl groups excluding tert-OH is 1. The van der Waals surface area contributed by atoms with Gasteiger partial charge in [-0.1, -0.05) is 18.2 Å². The van der Waals surface area contributed by atoms with Gasteiger partial charge in [0.25, 0.3) is 0 Å². The van der Waals surface area contributed by atoms with Crippen molar-refractivity contribution in [1.29, 1.82) is 0 Å². The molecule has 1 rings (SSSR count). The van der Waals surface area contributed by atoms with Gasteiger partial charge >= 0.3 is 0 Å². The van der Waals surface area contributed by atoms with Crippen LogP contribution in [-0.4, -0.2) is 43.4 Å². The van der Waals surface area contributed by atoms with Crippen molar-refractivity contribution in [2.45, 2.75) is 19.1 Å². The Morgan fingerprint density at radius 1 is 1.41 bits per heavy atom. The lowest BCUT2D eigenvalue weighted by molar-refractivity contribution is 0.0354. The molecular weight excluding hydrogens is 221 g/mol. The number of hydrogen-bond acceptors (Lipinski definition) is 3. The molecule has 0 aliphatic carbocycles. The van der Waals surface area contributed by atoms with E-state index in [4.69, 9.17) is 4.74 Å². The SMILES string of the molecule is COC[C@@H](O)CN(C)[C@@H](C)c1ccccc1F. The van der Waals surface area contributed by atoms with Gasteiger partial charge in [-0.3, -0.25) is 4.90 Å². The Morgan fingerprint density at radius 3 is 2.65 bits per heavy atom. The fourth-order valence-corrected chi connectivity index (χ4v) is 1.79. The summed E-state index contributed by atoms with van der Waals surface area (Å²) in [7, 11) is 3.40. The van der Waals surface area contributed by atoms with Gasteiger partial charge < -0.3 is 9.84 Å². The predicted octanol–water partition coefficient (Wildman–Crippen LogP) is 1.83. The van der Waals surface area contributed by atoms with E-state index in [0.717, 1.165) is 0 Å². The summed E-state index contributed by atoms with van der Waals surface area (Å²) >= 11 is 0. The molecule has 96 valence electrons. The van der Waals surface area contributed by atoms with E-state index in [0.29, 0.717) is 12.1 Å². The molecule has 1 aromatic carbocycles.